The molecule has 1 aromatic heterocycles. The third-order valence-electron chi connectivity index (χ3n) is 5.40. The van der Waals surface area contributed by atoms with Crippen molar-refractivity contribution in [3.8, 4) is 5.75 Å². The highest BCUT2D eigenvalue weighted by Crippen LogP contribution is 2.31. The molecule has 4 aromatic rings. The third kappa shape index (κ3) is 4.58. The van der Waals surface area contributed by atoms with Crippen LogP contribution >= 0.6 is 23.2 Å². The molecular weight excluding hydrogens is 466 g/mol. The minimum absolute atomic E-state index is 0.152. The largest absolute Gasteiger partial charge is 0.497 e. The first-order valence-electron chi connectivity index (χ1n) is 10.0. The predicted octanol–water partition coefficient (Wildman–Crippen LogP) is 6.27. The van der Waals surface area contributed by atoms with Gasteiger partial charge >= 0.3 is 0 Å². The lowest BCUT2D eigenvalue weighted by Crippen LogP contribution is -2.23. The smallest absolute Gasteiger partial charge is 0.296 e. The van der Waals surface area contributed by atoms with E-state index in [9.17, 15) is 14.0 Å². The molecule has 4 rings (SSSR count). The number of methoxy groups -OCH3 is 1. The predicted molar refractivity (Wildman–Crippen MR) is 128 cm³/mol. The fraction of sp³-hybridized carbons (Fsp3) is 0.120. The lowest BCUT2D eigenvalue weighted by Gasteiger charge is -2.09. The molecule has 0 aliphatic heterocycles. The van der Waals surface area contributed by atoms with E-state index in [1.807, 2.05) is 22.8 Å². The zero-order valence-electron chi connectivity index (χ0n) is 17.8. The number of anilines is 1. The van der Waals surface area contributed by atoms with Crippen LogP contribution in [-0.2, 0) is 11.3 Å². The first-order valence-corrected chi connectivity index (χ1v) is 10.8. The van der Waals surface area contributed by atoms with E-state index < -0.39 is 17.5 Å². The maximum Gasteiger partial charge on any atom is 0.296 e. The van der Waals surface area contributed by atoms with Crippen LogP contribution in [0.25, 0.3) is 10.9 Å². The quantitative estimate of drug-likeness (QED) is 0.259. The molecule has 168 valence electrons. The summed E-state index contributed by atoms with van der Waals surface area (Å²) in [7, 11) is 1.53. The molecule has 0 fully saturated rings. The van der Waals surface area contributed by atoms with E-state index in [-0.39, 0.29) is 16.3 Å². The van der Waals surface area contributed by atoms with Crippen LogP contribution in [0.4, 0.5) is 10.1 Å². The average Bonchev–Trinajstić information content (AvgIpc) is 3.07. The molecule has 1 N–H and O–H groups in total. The topological polar surface area (TPSA) is 60.3 Å². The molecule has 0 unspecified atom stereocenters. The number of halogens is 3. The molecule has 5 nitrogen and oxygen atoms in total. The second-order valence-corrected chi connectivity index (χ2v) is 8.31. The molecule has 0 radical (unpaired) electrons. The standard InChI is InChI=1S/C25H19Cl2FN2O3/c1-14-23(24(31)25(32)29-17-7-9-21(28)20(27)11-17)19-12-18(33-2)8-10-22(19)30(14)13-15-3-5-16(26)6-4-15/h3-12H,13H2,1-2H3,(H,29,32). The molecule has 0 aliphatic rings. The van der Waals surface area contributed by atoms with Crippen LogP contribution in [0.5, 0.6) is 5.75 Å². The summed E-state index contributed by atoms with van der Waals surface area (Å²) in [6.07, 6.45) is 0. The Morgan fingerprint density at radius 2 is 1.76 bits per heavy atom. The summed E-state index contributed by atoms with van der Waals surface area (Å²) in [5.41, 5.74) is 2.89. The summed E-state index contributed by atoms with van der Waals surface area (Å²) in [6.45, 7) is 2.27. The molecule has 0 spiro atoms. The molecule has 0 atom stereocenters. The van der Waals surface area contributed by atoms with E-state index in [2.05, 4.69) is 5.32 Å². The number of hydrogen-bond acceptors (Lipinski definition) is 3. The van der Waals surface area contributed by atoms with Gasteiger partial charge < -0.3 is 14.6 Å². The zero-order chi connectivity index (χ0) is 23.7. The van der Waals surface area contributed by atoms with Crippen molar-refractivity contribution in [1.29, 1.82) is 0 Å². The van der Waals surface area contributed by atoms with Crippen LogP contribution in [0, 0.1) is 12.7 Å². The van der Waals surface area contributed by atoms with Gasteiger partial charge in [0.25, 0.3) is 11.7 Å². The van der Waals surface area contributed by atoms with Gasteiger partial charge in [0, 0.05) is 33.9 Å². The Kier molecular flexibility index (Phi) is 6.40. The molecule has 0 saturated carbocycles. The Balaban J connectivity index is 1.75. The van der Waals surface area contributed by atoms with Crippen LogP contribution in [0.1, 0.15) is 21.6 Å². The number of aromatic nitrogens is 1. The van der Waals surface area contributed by atoms with Crippen molar-refractivity contribution in [2.45, 2.75) is 13.5 Å². The van der Waals surface area contributed by atoms with Crippen molar-refractivity contribution in [3.05, 3.63) is 93.3 Å². The van der Waals surface area contributed by atoms with Gasteiger partial charge in [-0.3, -0.25) is 9.59 Å². The van der Waals surface area contributed by atoms with E-state index >= 15 is 0 Å². The monoisotopic (exact) mass is 484 g/mol. The zero-order valence-corrected chi connectivity index (χ0v) is 19.3. The fourth-order valence-electron chi connectivity index (χ4n) is 3.73. The Labute approximate surface area is 199 Å². The molecular formula is C25H19Cl2FN2O3. The minimum atomic E-state index is -0.853. The van der Waals surface area contributed by atoms with Crippen LogP contribution in [0.2, 0.25) is 10.0 Å². The van der Waals surface area contributed by atoms with Gasteiger partial charge in [0.2, 0.25) is 0 Å². The van der Waals surface area contributed by atoms with Crippen molar-refractivity contribution in [1.82, 2.24) is 4.57 Å². The first-order chi connectivity index (χ1) is 15.8. The Morgan fingerprint density at radius 3 is 2.42 bits per heavy atom. The summed E-state index contributed by atoms with van der Waals surface area (Å²) < 4.78 is 20.7. The van der Waals surface area contributed by atoms with E-state index in [0.29, 0.717) is 28.4 Å². The van der Waals surface area contributed by atoms with Crippen molar-refractivity contribution >= 4 is 51.5 Å². The maximum atomic E-state index is 13.4. The number of benzene rings is 3. The third-order valence-corrected chi connectivity index (χ3v) is 5.94. The number of carbonyl (C=O) groups excluding carboxylic acids is 2. The number of nitrogens with zero attached hydrogens (tertiary/aromatic N) is 1. The molecule has 8 heteroatoms. The highest BCUT2D eigenvalue weighted by molar-refractivity contribution is 6.48. The van der Waals surface area contributed by atoms with Gasteiger partial charge in [0.05, 0.1) is 17.7 Å². The normalized spacial score (nSPS) is 10.9. The van der Waals surface area contributed by atoms with Crippen molar-refractivity contribution < 1.29 is 18.7 Å². The number of carbonyl (C=O) groups is 2. The summed E-state index contributed by atoms with van der Waals surface area (Å²) in [4.78, 5) is 26.1. The Bertz CT molecular complexity index is 1380. The Morgan fingerprint density at radius 1 is 1.03 bits per heavy atom. The van der Waals surface area contributed by atoms with Crippen LogP contribution < -0.4 is 10.1 Å². The van der Waals surface area contributed by atoms with Gasteiger partial charge in [-0.15, -0.1) is 0 Å². The van der Waals surface area contributed by atoms with E-state index in [4.69, 9.17) is 27.9 Å². The van der Waals surface area contributed by atoms with Crippen LogP contribution in [0.15, 0.2) is 60.7 Å². The molecule has 0 saturated heterocycles. The number of ketones is 1. The second kappa shape index (κ2) is 9.25. The SMILES string of the molecule is COc1ccc2c(c1)c(C(=O)C(=O)Nc1ccc(F)c(Cl)c1)c(C)n2Cc1ccc(Cl)cc1. The maximum absolute atomic E-state index is 13.4. The number of amides is 1. The van der Waals surface area contributed by atoms with Gasteiger partial charge in [0.15, 0.2) is 0 Å². The van der Waals surface area contributed by atoms with Gasteiger partial charge in [-0.05, 0) is 61.0 Å². The highest BCUT2D eigenvalue weighted by Gasteiger charge is 2.26. The van der Waals surface area contributed by atoms with Crippen LogP contribution in [-0.4, -0.2) is 23.4 Å². The summed E-state index contributed by atoms with van der Waals surface area (Å²) in [5, 5.41) is 3.57. The van der Waals surface area contributed by atoms with Gasteiger partial charge in [-0.25, -0.2) is 4.39 Å². The summed E-state index contributed by atoms with van der Waals surface area (Å²) in [5.74, 6) is -1.63. The van der Waals surface area contributed by atoms with E-state index in [1.54, 1.807) is 31.2 Å². The molecule has 0 bridgehead atoms. The second-order valence-electron chi connectivity index (χ2n) is 7.47. The highest BCUT2D eigenvalue weighted by atomic mass is 35.5. The molecule has 0 aliphatic carbocycles. The molecule has 3 aromatic carbocycles. The average molecular weight is 485 g/mol. The number of ether oxygens (including phenoxy) is 1. The number of Topliss-reactive ketones (excluding diaryl/α,β-unsaturated/α-hetero) is 1. The fourth-order valence-corrected chi connectivity index (χ4v) is 4.03. The van der Waals surface area contributed by atoms with Crippen molar-refractivity contribution in [2.75, 3.05) is 12.4 Å². The van der Waals surface area contributed by atoms with Crippen LogP contribution in [0.3, 0.4) is 0 Å². The molecule has 1 amide bonds. The molecule has 1 heterocycles. The lowest BCUT2D eigenvalue weighted by molar-refractivity contribution is -0.112. The number of nitrogens with one attached hydrogen (secondary N) is 1. The number of rotatable bonds is 6. The number of hydrogen-bond donors (Lipinski definition) is 1. The minimum Gasteiger partial charge on any atom is -0.497 e. The van der Waals surface area contributed by atoms with E-state index in [1.165, 1.54) is 19.2 Å². The Hall–Kier alpha value is -3.35. The van der Waals surface area contributed by atoms with Gasteiger partial charge in [0.1, 0.15) is 11.6 Å². The summed E-state index contributed by atoms with van der Waals surface area (Å²) in [6, 6.07) is 16.5. The van der Waals surface area contributed by atoms with Gasteiger partial charge in [-0.2, -0.15) is 0 Å². The first kappa shape index (κ1) is 22.8. The van der Waals surface area contributed by atoms with E-state index in [0.717, 1.165) is 17.1 Å². The summed E-state index contributed by atoms with van der Waals surface area (Å²) >= 11 is 11.8. The van der Waals surface area contributed by atoms with Crippen molar-refractivity contribution in [3.63, 3.8) is 0 Å². The molecule has 33 heavy (non-hydrogen) atoms. The lowest BCUT2D eigenvalue weighted by atomic mass is 10.1. The van der Waals surface area contributed by atoms with Gasteiger partial charge in [-0.1, -0.05) is 35.3 Å². The van der Waals surface area contributed by atoms with Crippen molar-refractivity contribution in [2.24, 2.45) is 0 Å². The number of fused-ring (bicyclic) bond motifs is 1.